The third kappa shape index (κ3) is 7.05. The third-order valence-electron chi connectivity index (χ3n) is 9.61. The van der Waals surface area contributed by atoms with E-state index in [1.165, 1.54) is 29.2 Å². The van der Waals surface area contributed by atoms with Gasteiger partial charge in [0.15, 0.2) is 10.8 Å². The van der Waals surface area contributed by atoms with Crippen LogP contribution in [0.4, 0.5) is 4.39 Å². The molecule has 1 aliphatic carbocycles. The van der Waals surface area contributed by atoms with Crippen LogP contribution < -0.4 is 5.32 Å². The fourth-order valence-electron chi connectivity index (χ4n) is 6.60. The maximum absolute atomic E-state index is 13.9. The van der Waals surface area contributed by atoms with Crippen molar-refractivity contribution in [2.24, 2.45) is 17.3 Å². The van der Waals surface area contributed by atoms with Gasteiger partial charge < -0.3 is 20.4 Å². The van der Waals surface area contributed by atoms with E-state index < -0.39 is 17.7 Å². The quantitative estimate of drug-likeness (QED) is 0.201. The molecule has 0 radical (unpaired) electrons. The molecule has 46 heavy (non-hydrogen) atoms. The second kappa shape index (κ2) is 13.0. The molecule has 6 rings (SSSR count). The number of fused-ring (bicyclic) bond motifs is 2. The molecule has 1 saturated heterocycles. The highest BCUT2D eigenvalue weighted by molar-refractivity contribution is 7.19. The van der Waals surface area contributed by atoms with Crippen LogP contribution in [0.15, 0.2) is 42.6 Å². The lowest BCUT2D eigenvalue weighted by atomic mass is 9.71. The topological polar surface area (TPSA) is 129 Å². The van der Waals surface area contributed by atoms with Crippen molar-refractivity contribution in [3.63, 3.8) is 0 Å². The zero-order valence-corrected chi connectivity index (χ0v) is 27.2. The van der Waals surface area contributed by atoms with Crippen molar-refractivity contribution < 1.29 is 24.2 Å². The van der Waals surface area contributed by atoms with E-state index in [-0.39, 0.29) is 23.3 Å². The van der Waals surface area contributed by atoms with Crippen LogP contribution in [0.3, 0.4) is 0 Å². The average Bonchev–Trinajstić information content (AvgIpc) is 3.46. The fraction of sp³-hybridized carbons (Fsp3) is 0.457. The number of aryl methyl sites for hydroxylation is 1. The predicted octanol–water partition coefficient (Wildman–Crippen LogP) is 6.41. The normalized spacial score (nSPS) is 18.3. The van der Waals surface area contributed by atoms with Crippen LogP contribution in [0.2, 0.25) is 0 Å². The lowest BCUT2D eigenvalue weighted by Crippen LogP contribution is -2.38. The molecule has 242 valence electrons. The van der Waals surface area contributed by atoms with Gasteiger partial charge in [0.1, 0.15) is 10.3 Å². The first kappa shape index (κ1) is 32.0. The van der Waals surface area contributed by atoms with Gasteiger partial charge in [-0.3, -0.25) is 9.59 Å². The molecule has 0 unspecified atom stereocenters. The number of nitrogens with zero attached hydrogens (tertiary/aromatic N) is 4. The van der Waals surface area contributed by atoms with Crippen LogP contribution in [0.1, 0.15) is 79.1 Å². The van der Waals surface area contributed by atoms with Crippen LogP contribution in [0.5, 0.6) is 5.88 Å². The van der Waals surface area contributed by atoms with Crippen molar-refractivity contribution in [3.8, 4) is 17.0 Å². The van der Waals surface area contributed by atoms with Gasteiger partial charge in [-0.2, -0.15) is 0 Å². The molecule has 2 aliphatic rings. The molecule has 1 aliphatic heterocycles. The van der Waals surface area contributed by atoms with Gasteiger partial charge in [-0.1, -0.05) is 56.4 Å². The minimum absolute atomic E-state index is 0.219. The number of thiazole rings is 1. The first-order valence-electron chi connectivity index (χ1n) is 15.9. The SMILES string of the molecule is CC(C)(C)[C@H]1CCc2nc3sc(C(=O)N[C@H](CCN4CCC(C(=O)O)CC4)c4ccc(-c5cnc(O)c(F)c5)cc4)nc3cc2C1. The Labute approximate surface area is 271 Å². The molecule has 1 aromatic carbocycles. The highest BCUT2D eigenvalue weighted by Crippen LogP contribution is 2.38. The number of piperidine rings is 1. The summed E-state index contributed by atoms with van der Waals surface area (Å²) in [5.74, 6) is -2.18. The van der Waals surface area contributed by atoms with Gasteiger partial charge in [-0.05, 0) is 91.8 Å². The molecule has 3 aromatic heterocycles. The van der Waals surface area contributed by atoms with E-state index in [0.29, 0.717) is 55.4 Å². The second-order valence-corrected chi connectivity index (χ2v) is 14.6. The van der Waals surface area contributed by atoms with E-state index in [1.807, 2.05) is 24.3 Å². The number of likely N-dealkylation sites (tertiary alicyclic amines) is 1. The highest BCUT2D eigenvalue weighted by Gasteiger charge is 2.30. The maximum Gasteiger partial charge on any atom is 0.306 e. The number of hydrogen-bond acceptors (Lipinski definition) is 8. The van der Waals surface area contributed by atoms with Gasteiger partial charge in [0.05, 0.1) is 12.0 Å². The predicted molar refractivity (Wildman–Crippen MR) is 175 cm³/mol. The number of carboxylic acid groups (broad SMARTS) is 1. The van der Waals surface area contributed by atoms with Gasteiger partial charge in [0.2, 0.25) is 5.88 Å². The molecule has 9 nitrogen and oxygen atoms in total. The first-order chi connectivity index (χ1) is 21.9. The maximum atomic E-state index is 13.9. The minimum atomic E-state index is -0.793. The van der Waals surface area contributed by atoms with E-state index in [4.69, 9.17) is 9.97 Å². The van der Waals surface area contributed by atoms with Crippen LogP contribution in [-0.2, 0) is 17.6 Å². The zero-order chi connectivity index (χ0) is 32.6. The number of aliphatic carboxylic acids is 1. The van der Waals surface area contributed by atoms with Crippen molar-refractivity contribution in [2.45, 2.75) is 65.3 Å². The third-order valence-corrected chi connectivity index (χ3v) is 10.6. The minimum Gasteiger partial charge on any atom is -0.491 e. The number of carbonyl (C=O) groups is 2. The Morgan fingerprint density at radius 2 is 1.83 bits per heavy atom. The standard InChI is InChI=1S/C35H40FN5O4S/c1-35(2,3)25-8-9-27-23(16-25)18-29-32(39-27)46-33(40-29)31(43)38-28(12-15-41-13-10-22(11-14-41)34(44)45)21-6-4-20(5-7-21)24-17-26(36)30(42)37-19-24/h4-7,17-19,22,25,28H,8-16H2,1-3H3,(H,37,42)(H,38,43)(H,44,45)/t25-,28+/m0/s1. The lowest BCUT2D eigenvalue weighted by molar-refractivity contribution is -0.143. The molecule has 11 heteroatoms. The number of pyridine rings is 2. The van der Waals surface area contributed by atoms with Crippen LogP contribution in [0.25, 0.3) is 21.5 Å². The Hall–Kier alpha value is -3.96. The Morgan fingerprint density at radius 1 is 1.09 bits per heavy atom. The number of carbonyl (C=O) groups excluding carboxylic acids is 1. The van der Waals surface area contributed by atoms with Crippen molar-refractivity contribution in [3.05, 3.63) is 70.2 Å². The number of benzene rings is 1. The number of aromatic nitrogens is 3. The van der Waals surface area contributed by atoms with Crippen molar-refractivity contribution in [2.75, 3.05) is 19.6 Å². The van der Waals surface area contributed by atoms with Gasteiger partial charge in [0.25, 0.3) is 5.91 Å². The van der Waals surface area contributed by atoms with E-state index in [2.05, 4.69) is 42.0 Å². The number of nitrogens with one attached hydrogen (secondary N) is 1. The molecule has 3 N–H and O–H groups in total. The molecule has 2 atom stereocenters. The van der Waals surface area contributed by atoms with Crippen LogP contribution >= 0.6 is 11.3 Å². The molecule has 0 bridgehead atoms. The fourth-order valence-corrected chi connectivity index (χ4v) is 7.45. The Balaban J connectivity index is 1.21. The summed E-state index contributed by atoms with van der Waals surface area (Å²) in [7, 11) is 0. The molecule has 4 aromatic rings. The number of hydrogen-bond donors (Lipinski definition) is 3. The number of carboxylic acids is 1. The summed E-state index contributed by atoms with van der Waals surface area (Å²) >= 11 is 1.31. The van der Waals surface area contributed by atoms with Gasteiger partial charge in [0, 0.05) is 24.0 Å². The summed E-state index contributed by atoms with van der Waals surface area (Å²) in [5.41, 5.74) is 5.44. The van der Waals surface area contributed by atoms with Crippen molar-refractivity contribution in [1.29, 1.82) is 0 Å². The molecule has 1 amide bonds. The van der Waals surface area contributed by atoms with E-state index in [1.54, 1.807) is 0 Å². The molecule has 0 spiro atoms. The highest BCUT2D eigenvalue weighted by atomic mass is 32.1. The molecule has 1 fully saturated rings. The number of amides is 1. The van der Waals surface area contributed by atoms with Crippen molar-refractivity contribution in [1.82, 2.24) is 25.2 Å². The molecular formula is C35H40FN5O4S. The number of aromatic hydroxyl groups is 1. The van der Waals surface area contributed by atoms with Crippen LogP contribution in [0, 0.1) is 23.1 Å². The average molecular weight is 646 g/mol. The van der Waals surface area contributed by atoms with Crippen LogP contribution in [-0.4, -0.2) is 61.6 Å². The van der Waals surface area contributed by atoms with Gasteiger partial charge >= 0.3 is 5.97 Å². The number of rotatable bonds is 8. The summed E-state index contributed by atoms with van der Waals surface area (Å²) in [6.45, 7) is 8.93. The van der Waals surface area contributed by atoms with E-state index >= 15 is 0 Å². The summed E-state index contributed by atoms with van der Waals surface area (Å²) in [6, 6.07) is 10.5. The van der Waals surface area contributed by atoms with E-state index in [9.17, 15) is 24.2 Å². The lowest BCUT2D eigenvalue weighted by Gasteiger charge is -2.34. The van der Waals surface area contributed by atoms with Gasteiger partial charge in [-0.25, -0.2) is 19.3 Å². The van der Waals surface area contributed by atoms with E-state index in [0.717, 1.165) is 46.4 Å². The zero-order valence-electron chi connectivity index (χ0n) is 26.4. The Bertz CT molecular complexity index is 1740. The first-order valence-corrected chi connectivity index (χ1v) is 16.8. The van der Waals surface area contributed by atoms with Gasteiger partial charge in [-0.15, -0.1) is 0 Å². The summed E-state index contributed by atoms with van der Waals surface area (Å²) < 4.78 is 13.9. The molecule has 0 saturated carbocycles. The summed E-state index contributed by atoms with van der Waals surface area (Å²) in [5, 5.41) is 22.4. The van der Waals surface area contributed by atoms with Crippen molar-refractivity contribution >= 4 is 33.6 Å². The second-order valence-electron chi connectivity index (χ2n) is 13.7. The summed E-state index contributed by atoms with van der Waals surface area (Å²) in [6.07, 6.45) is 6.25. The number of halogens is 1. The Kier molecular flexibility index (Phi) is 9.07. The summed E-state index contributed by atoms with van der Waals surface area (Å²) in [4.78, 5) is 41.5. The Morgan fingerprint density at radius 3 is 2.50 bits per heavy atom. The molecule has 4 heterocycles. The monoisotopic (exact) mass is 645 g/mol. The largest absolute Gasteiger partial charge is 0.491 e. The smallest absolute Gasteiger partial charge is 0.306 e. The molecular weight excluding hydrogens is 605 g/mol.